The predicted octanol–water partition coefficient (Wildman–Crippen LogP) is 2.33. The van der Waals surface area contributed by atoms with Crippen LogP contribution < -0.4 is 0 Å². The highest BCUT2D eigenvalue weighted by Crippen LogP contribution is 2.20. The monoisotopic (exact) mass is 228 g/mol. The first kappa shape index (κ1) is 11.7. The minimum Gasteiger partial charge on any atom is -0.326 e. The van der Waals surface area contributed by atoms with Crippen LogP contribution in [0, 0.1) is 18.3 Å². The van der Waals surface area contributed by atoms with Gasteiger partial charge < -0.3 is 8.88 Å². The highest BCUT2D eigenvalue weighted by atomic mass is 15.3. The maximum Gasteiger partial charge on any atom is 0.119 e. The molecule has 0 fully saturated rings. The zero-order chi connectivity index (χ0) is 12.6. The van der Waals surface area contributed by atoms with Crippen molar-refractivity contribution < 1.29 is 4.48 Å². The first-order valence-electron chi connectivity index (χ1n) is 5.73. The number of pyridine rings is 1. The summed E-state index contributed by atoms with van der Waals surface area (Å²) in [5, 5.41) is 9.17. The van der Waals surface area contributed by atoms with Crippen LogP contribution >= 0.6 is 0 Å². The summed E-state index contributed by atoms with van der Waals surface area (Å²) in [5.74, 6) is 0. The van der Waals surface area contributed by atoms with Gasteiger partial charge in [-0.2, -0.15) is 5.26 Å². The van der Waals surface area contributed by atoms with Crippen molar-refractivity contribution in [2.75, 3.05) is 21.1 Å². The van der Waals surface area contributed by atoms with Gasteiger partial charge >= 0.3 is 0 Å². The Balaban J connectivity index is 2.68. The second-order valence-electron chi connectivity index (χ2n) is 5.50. The summed E-state index contributed by atoms with van der Waals surface area (Å²) >= 11 is 0. The normalized spacial score (nSPS) is 11.7. The van der Waals surface area contributed by atoms with Crippen molar-refractivity contribution in [1.29, 1.82) is 5.26 Å². The van der Waals surface area contributed by atoms with Crippen molar-refractivity contribution in [3.05, 3.63) is 41.2 Å². The molecule has 0 aliphatic heterocycles. The minimum absolute atomic E-state index is 0.761. The molecule has 0 bridgehead atoms. The number of hydrogen-bond donors (Lipinski definition) is 0. The molecule has 2 aromatic heterocycles. The predicted molar refractivity (Wildman–Crippen MR) is 68.6 cm³/mol. The molecule has 0 spiro atoms. The van der Waals surface area contributed by atoms with Crippen molar-refractivity contribution in [2.45, 2.75) is 13.5 Å². The highest BCUT2D eigenvalue weighted by molar-refractivity contribution is 5.63. The lowest BCUT2D eigenvalue weighted by Gasteiger charge is -2.24. The third-order valence-electron chi connectivity index (χ3n) is 2.82. The van der Waals surface area contributed by atoms with E-state index in [1.54, 1.807) is 0 Å². The summed E-state index contributed by atoms with van der Waals surface area (Å²) < 4.78 is 3.04. The van der Waals surface area contributed by atoms with E-state index in [4.69, 9.17) is 5.26 Å². The van der Waals surface area contributed by atoms with Gasteiger partial charge in [-0.3, -0.25) is 0 Å². The lowest BCUT2D eigenvalue weighted by atomic mass is 10.2. The fourth-order valence-corrected chi connectivity index (χ4v) is 2.21. The number of nitriles is 1. The van der Waals surface area contributed by atoms with Gasteiger partial charge in [0.2, 0.25) is 0 Å². The van der Waals surface area contributed by atoms with Crippen molar-refractivity contribution in [2.24, 2.45) is 0 Å². The number of aromatic nitrogens is 1. The van der Waals surface area contributed by atoms with Gasteiger partial charge in [0, 0.05) is 5.69 Å². The van der Waals surface area contributed by atoms with E-state index in [0.29, 0.717) is 0 Å². The summed E-state index contributed by atoms with van der Waals surface area (Å²) in [6, 6.07) is 10.4. The molecule has 0 unspecified atom stereocenters. The lowest BCUT2D eigenvalue weighted by Crippen LogP contribution is -2.33. The number of hydrogen-bond acceptors (Lipinski definition) is 1. The molecule has 0 saturated heterocycles. The number of quaternary nitrogens is 1. The molecule has 0 aromatic carbocycles. The summed E-state index contributed by atoms with van der Waals surface area (Å²) in [5.41, 5.74) is 4.14. The number of rotatable bonds is 2. The SMILES string of the molecule is Cc1cccc2c(C#N)cc(C[N+](C)(C)C)n12. The van der Waals surface area contributed by atoms with Crippen LogP contribution in [0.2, 0.25) is 0 Å². The van der Waals surface area contributed by atoms with Gasteiger partial charge in [0.05, 0.1) is 37.9 Å². The van der Waals surface area contributed by atoms with Crippen molar-refractivity contribution >= 4 is 5.52 Å². The number of nitrogens with zero attached hydrogens (tertiary/aromatic N) is 3. The van der Waals surface area contributed by atoms with E-state index in [-0.39, 0.29) is 0 Å². The molecular formula is C14H18N3+. The van der Waals surface area contributed by atoms with Crippen LogP contribution in [0.4, 0.5) is 0 Å². The van der Waals surface area contributed by atoms with Gasteiger partial charge in [0.1, 0.15) is 12.6 Å². The van der Waals surface area contributed by atoms with Crippen molar-refractivity contribution in [3.63, 3.8) is 0 Å². The van der Waals surface area contributed by atoms with Gasteiger partial charge in [-0.05, 0) is 25.1 Å². The average Bonchev–Trinajstić information content (AvgIpc) is 2.55. The van der Waals surface area contributed by atoms with Gasteiger partial charge in [-0.15, -0.1) is 0 Å². The lowest BCUT2D eigenvalue weighted by molar-refractivity contribution is -0.884. The van der Waals surface area contributed by atoms with Gasteiger partial charge in [0.15, 0.2) is 0 Å². The second-order valence-corrected chi connectivity index (χ2v) is 5.50. The first-order valence-corrected chi connectivity index (χ1v) is 5.73. The van der Waals surface area contributed by atoms with Crippen LogP contribution in [0.5, 0.6) is 0 Å². The molecule has 17 heavy (non-hydrogen) atoms. The zero-order valence-corrected chi connectivity index (χ0v) is 10.9. The molecule has 2 aromatic rings. The Morgan fingerprint density at radius 1 is 1.29 bits per heavy atom. The Morgan fingerprint density at radius 3 is 2.59 bits per heavy atom. The first-order chi connectivity index (χ1) is 7.92. The van der Waals surface area contributed by atoms with Gasteiger partial charge in [-0.1, -0.05) is 6.07 Å². The summed E-state index contributed by atoms with van der Waals surface area (Å²) in [6.07, 6.45) is 0. The quantitative estimate of drug-likeness (QED) is 0.725. The third-order valence-corrected chi connectivity index (χ3v) is 2.82. The van der Waals surface area contributed by atoms with E-state index in [1.165, 1.54) is 11.4 Å². The zero-order valence-electron chi connectivity index (χ0n) is 10.9. The Morgan fingerprint density at radius 2 is 2.00 bits per heavy atom. The average molecular weight is 228 g/mol. The van der Waals surface area contributed by atoms with Crippen molar-refractivity contribution in [1.82, 2.24) is 4.40 Å². The van der Waals surface area contributed by atoms with Crippen LogP contribution in [-0.4, -0.2) is 30.0 Å². The standard InChI is InChI=1S/C14H18N3/c1-11-6-5-7-14-12(9-15)8-13(16(11)14)10-17(2,3)4/h5-8H,10H2,1-4H3/q+1. The largest absolute Gasteiger partial charge is 0.326 e. The van der Waals surface area contributed by atoms with Crippen LogP contribution in [-0.2, 0) is 6.54 Å². The van der Waals surface area contributed by atoms with Crippen molar-refractivity contribution in [3.8, 4) is 6.07 Å². The fourth-order valence-electron chi connectivity index (χ4n) is 2.21. The van der Waals surface area contributed by atoms with E-state index in [2.05, 4.69) is 44.6 Å². The van der Waals surface area contributed by atoms with E-state index in [0.717, 1.165) is 22.1 Å². The molecule has 2 heterocycles. The molecule has 0 saturated carbocycles. The molecule has 2 rings (SSSR count). The Hall–Kier alpha value is -1.79. The van der Waals surface area contributed by atoms with Crippen LogP contribution in [0.3, 0.4) is 0 Å². The van der Waals surface area contributed by atoms with Crippen LogP contribution in [0.1, 0.15) is 17.0 Å². The van der Waals surface area contributed by atoms with Gasteiger partial charge in [0.25, 0.3) is 0 Å². The van der Waals surface area contributed by atoms with Crippen LogP contribution in [0.15, 0.2) is 24.3 Å². The minimum atomic E-state index is 0.761. The van der Waals surface area contributed by atoms with E-state index >= 15 is 0 Å². The summed E-state index contributed by atoms with van der Waals surface area (Å²) in [7, 11) is 6.47. The molecule has 0 radical (unpaired) electrons. The molecule has 0 N–H and O–H groups in total. The molecular weight excluding hydrogens is 210 g/mol. The smallest absolute Gasteiger partial charge is 0.119 e. The van der Waals surface area contributed by atoms with Crippen LogP contribution in [0.25, 0.3) is 5.52 Å². The summed E-state index contributed by atoms with van der Waals surface area (Å²) in [4.78, 5) is 0. The Bertz CT molecular complexity index is 594. The Labute approximate surface area is 102 Å². The highest BCUT2D eigenvalue weighted by Gasteiger charge is 2.16. The van der Waals surface area contributed by atoms with E-state index < -0.39 is 0 Å². The maximum atomic E-state index is 9.17. The maximum absolute atomic E-state index is 9.17. The topological polar surface area (TPSA) is 28.2 Å². The third kappa shape index (κ3) is 2.17. The van der Waals surface area contributed by atoms with E-state index in [1.807, 2.05) is 18.2 Å². The van der Waals surface area contributed by atoms with E-state index in [9.17, 15) is 0 Å². The number of fused-ring (bicyclic) bond motifs is 1. The fraction of sp³-hybridized carbons (Fsp3) is 0.357. The summed E-state index contributed by atoms with van der Waals surface area (Å²) in [6.45, 7) is 2.99. The molecule has 0 atom stereocenters. The molecule has 3 nitrogen and oxygen atoms in total. The second kappa shape index (κ2) is 3.90. The van der Waals surface area contributed by atoms with Gasteiger partial charge in [-0.25, -0.2) is 0 Å². The molecule has 0 aliphatic rings. The molecule has 88 valence electrons. The molecule has 0 amide bonds. The molecule has 3 heteroatoms. The number of aryl methyl sites for hydroxylation is 1. The molecule has 0 aliphatic carbocycles. The Kier molecular flexibility index (Phi) is 2.68.